The number of aryl methyl sites for hydroxylation is 2. The molecule has 28 heavy (non-hydrogen) atoms. The van der Waals surface area contributed by atoms with E-state index >= 15 is 0 Å². The summed E-state index contributed by atoms with van der Waals surface area (Å²) in [5.41, 5.74) is 2.25. The molecule has 1 fully saturated rings. The van der Waals surface area contributed by atoms with Crippen LogP contribution < -0.4 is 9.80 Å². The minimum atomic E-state index is -0.504. The summed E-state index contributed by atoms with van der Waals surface area (Å²) in [6, 6.07) is 4.98. The van der Waals surface area contributed by atoms with E-state index in [0.29, 0.717) is 24.3 Å². The number of nitro groups is 1. The largest absolute Gasteiger partial charge is 0.466 e. The van der Waals surface area contributed by atoms with Crippen LogP contribution in [0.15, 0.2) is 24.3 Å². The summed E-state index contributed by atoms with van der Waals surface area (Å²) in [6.45, 7) is 6.93. The Hall–Kier alpha value is -2.94. The van der Waals surface area contributed by atoms with Crippen LogP contribution in [0.1, 0.15) is 16.1 Å². The van der Waals surface area contributed by atoms with Crippen molar-refractivity contribution in [2.45, 2.75) is 13.8 Å². The molecule has 3 rings (SSSR count). The maximum atomic E-state index is 11.6. The molecule has 1 aliphatic heterocycles. The zero-order valence-corrected chi connectivity index (χ0v) is 16.9. The minimum absolute atomic E-state index is 0.0291. The average Bonchev–Trinajstić information content (AvgIpc) is 3.04. The van der Waals surface area contributed by atoms with Crippen LogP contribution in [0, 0.1) is 24.0 Å². The Morgan fingerprint density at radius 2 is 1.93 bits per heavy atom. The Morgan fingerprint density at radius 1 is 1.25 bits per heavy atom. The number of rotatable bonds is 5. The van der Waals surface area contributed by atoms with Gasteiger partial charge < -0.3 is 14.5 Å². The van der Waals surface area contributed by atoms with Crippen LogP contribution in [0.5, 0.6) is 0 Å². The molecule has 8 nitrogen and oxygen atoms in total. The highest BCUT2D eigenvalue weighted by Crippen LogP contribution is 2.32. The Balaban J connectivity index is 1.75. The summed E-state index contributed by atoms with van der Waals surface area (Å²) < 4.78 is 4.55. The third-order valence-electron chi connectivity index (χ3n) is 4.72. The van der Waals surface area contributed by atoms with Crippen LogP contribution >= 0.6 is 11.3 Å². The third-order valence-corrected chi connectivity index (χ3v) is 5.85. The molecule has 0 N–H and O–H groups in total. The highest BCUT2D eigenvalue weighted by atomic mass is 32.1. The monoisotopic (exact) mass is 402 g/mol. The van der Waals surface area contributed by atoms with Crippen molar-refractivity contribution in [2.24, 2.45) is 0 Å². The lowest BCUT2D eigenvalue weighted by atomic mass is 10.1. The van der Waals surface area contributed by atoms with Gasteiger partial charge in [0.1, 0.15) is 5.69 Å². The minimum Gasteiger partial charge on any atom is -0.466 e. The number of benzene rings is 1. The van der Waals surface area contributed by atoms with E-state index < -0.39 is 5.97 Å². The third kappa shape index (κ3) is 4.30. The molecule has 2 aromatic rings. The van der Waals surface area contributed by atoms with Crippen LogP contribution in [0.2, 0.25) is 0 Å². The molecule has 1 aliphatic rings. The first-order valence-corrected chi connectivity index (χ1v) is 9.69. The topological polar surface area (TPSA) is 88.8 Å². The molecule has 1 saturated heterocycles. The number of aromatic nitrogens is 1. The summed E-state index contributed by atoms with van der Waals surface area (Å²) in [7, 11) is 1.28. The predicted octanol–water partition coefficient (Wildman–Crippen LogP) is 3.18. The van der Waals surface area contributed by atoms with Crippen molar-refractivity contribution in [3.05, 3.63) is 50.5 Å². The predicted molar refractivity (Wildman–Crippen MR) is 110 cm³/mol. The van der Waals surface area contributed by atoms with E-state index in [-0.39, 0.29) is 10.6 Å². The van der Waals surface area contributed by atoms with Crippen molar-refractivity contribution in [1.29, 1.82) is 0 Å². The van der Waals surface area contributed by atoms with Crippen LogP contribution in [0.4, 0.5) is 16.5 Å². The number of methoxy groups -OCH3 is 1. The average molecular weight is 402 g/mol. The molecule has 0 aliphatic carbocycles. The molecule has 0 spiro atoms. The van der Waals surface area contributed by atoms with Gasteiger partial charge >= 0.3 is 5.97 Å². The molecular weight excluding hydrogens is 380 g/mol. The number of carbonyl (C=O) groups is 1. The van der Waals surface area contributed by atoms with Crippen molar-refractivity contribution in [1.82, 2.24) is 4.98 Å². The quantitative estimate of drug-likeness (QED) is 0.328. The molecule has 0 unspecified atom stereocenters. The standard InChI is InChI=1S/C19H22N4O4S/c1-13-14(2)28-19(20-13)22-10-8-21(9-11-22)16-6-4-15(5-7-18(24)27-3)12-17(16)23(25)26/h4-7,12H,8-11H2,1-3H3/b7-5+. The number of thiazole rings is 1. The van der Waals surface area contributed by atoms with Gasteiger partial charge in [0.15, 0.2) is 5.13 Å². The fourth-order valence-corrected chi connectivity index (χ4v) is 3.98. The number of hydrogen-bond acceptors (Lipinski definition) is 8. The van der Waals surface area contributed by atoms with Gasteiger partial charge in [0.2, 0.25) is 0 Å². The molecule has 0 saturated carbocycles. The highest BCUT2D eigenvalue weighted by Gasteiger charge is 2.25. The molecule has 0 atom stereocenters. The molecule has 0 bridgehead atoms. The van der Waals surface area contributed by atoms with Crippen LogP contribution in [0.25, 0.3) is 6.08 Å². The second kappa shape index (κ2) is 8.39. The second-order valence-corrected chi connectivity index (χ2v) is 7.66. The van der Waals surface area contributed by atoms with Gasteiger partial charge in [0, 0.05) is 43.2 Å². The maximum absolute atomic E-state index is 11.6. The van der Waals surface area contributed by atoms with E-state index in [1.807, 2.05) is 11.8 Å². The SMILES string of the molecule is COC(=O)/C=C/c1ccc(N2CCN(c3nc(C)c(C)s3)CC2)c([N+](=O)[O-])c1. The highest BCUT2D eigenvalue weighted by molar-refractivity contribution is 7.15. The second-order valence-electron chi connectivity index (χ2n) is 6.47. The van der Waals surface area contributed by atoms with E-state index in [0.717, 1.165) is 23.9 Å². The summed E-state index contributed by atoms with van der Waals surface area (Å²) in [5.74, 6) is -0.504. The van der Waals surface area contributed by atoms with Gasteiger partial charge in [0.25, 0.3) is 5.69 Å². The summed E-state index contributed by atoms with van der Waals surface area (Å²) >= 11 is 1.68. The molecule has 2 heterocycles. The van der Waals surface area contributed by atoms with Crippen molar-refractivity contribution >= 4 is 39.9 Å². The van der Waals surface area contributed by atoms with Crippen LogP contribution in [-0.4, -0.2) is 49.2 Å². The zero-order valence-electron chi connectivity index (χ0n) is 16.0. The normalized spacial score (nSPS) is 14.5. The maximum Gasteiger partial charge on any atom is 0.330 e. The first kappa shape index (κ1) is 19.8. The molecular formula is C19H22N4O4S. The van der Waals surface area contributed by atoms with E-state index in [2.05, 4.69) is 21.5 Å². The van der Waals surface area contributed by atoms with E-state index in [1.165, 1.54) is 30.2 Å². The molecule has 0 radical (unpaired) electrons. The van der Waals surface area contributed by atoms with E-state index in [1.54, 1.807) is 23.5 Å². The summed E-state index contributed by atoms with van der Waals surface area (Å²) in [6.07, 6.45) is 2.75. The van der Waals surface area contributed by atoms with Gasteiger partial charge in [0.05, 0.1) is 17.7 Å². The molecule has 1 aromatic heterocycles. The number of nitrogens with zero attached hydrogens (tertiary/aromatic N) is 4. The van der Waals surface area contributed by atoms with Gasteiger partial charge in [-0.05, 0) is 31.6 Å². The molecule has 0 amide bonds. The molecule has 1 aromatic carbocycles. The molecule has 9 heteroatoms. The van der Waals surface area contributed by atoms with Crippen molar-refractivity contribution < 1.29 is 14.5 Å². The lowest BCUT2D eigenvalue weighted by Gasteiger charge is -2.35. The number of carbonyl (C=O) groups excluding carboxylic acids is 1. The van der Waals surface area contributed by atoms with Crippen molar-refractivity contribution in [2.75, 3.05) is 43.1 Å². The van der Waals surface area contributed by atoms with Gasteiger partial charge in [-0.1, -0.05) is 6.07 Å². The van der Waals surface area contributed by atoms with Gasteiger partial charge in [-0.2, -0.15) is 0 Å². The number of piperazine rings is 1. The van der Waals surface area contributed by atoms with Crippen molar-refractivity contribution in [3.63, 3.8) is 0 Å². The van der Waals surface area contributed by atoms with Crippen LogP contribution in [0.3, 0.4) is 0 Å². The smallest absolute Gasteiger partial charge is 0.330 e. The fraction of sp³-hybridized carbons (Fsp3) is 0.368. The Kier molecular flexibility index (Phi) is 5.93. The van der Waals surface area contributed by atoms with Crippen LogP contribution in [-0.2, 0) is 9.53 Å². The van der Waals surface area contributed by atoms with Gasteiger partial charge in [-0.15, -0.1) is 11.3 Å². The van der Waals surface area contributed by atoms with E-state index in [4.69, 9.17) is 0 Å². The first-order valence-electron chi connectivity index (χ1n) is 8.87. The zero-order chi connectivity index (χ0) is 20.3. The summed E-state index contributed by atoms with van der Waals surface area (Å²) in [5, 5.41) is 12.6. The Morgan fingerprint density at radius 3 is 2.50 bits per heavy atom. The lowest BCUT2D eigenvalue weighted by molar-refractivity contribution is -0.384. The fourth-order valence-electron chi connectivity index (χ4n) is 3.02. The number of esters is 1. The van der Waals surface area contributed by atoms with Gasteiger partial charge in [-0.25, -0.2) is 9.78 Å². The lowest BCUT2D eigenvalue weighted by Crippen LogP contribution is -2.46. The summed E-state index contributed by atoms with van der Waals surface area (Å²) in [4.78, 5) is 32.5. The molecule has 148 valence electrons. The Labute approximate surface area is 167 Å². The Bertz CT molecular complexity index is 897. The number of anilines is 2. The number of hydrogen-bond donors (Lipinski definition) is 0. The first-order chi connectivity index (χ1) is 13.4. The van der Waals surface area contributed by atoms with Crippen molar-refractivity contribution in [3.8, 4) is 0 Å². The number of ether oxygens (including phenoxy) is 1. The van der Waals surface area contributed by atoms with E-state index in [9.17, 15) is 14.9 Å². The van der Waals surface area contributed by atoms with Gasteiger partial charge in [-0.3, -0.25) is 10.1 Å². The number of nitro benzene ring substituents is 1.